The van der Waals surface area contributed by atoms with Crippen molar-refractivity contribution in [2.24, 2.45) is 0 Å². The Kier molecular flexibility index (Phi) is 5.60. The van der Waals surface area contributed by atoms with Crippen LogP contribution in [-0.4, -0.2) is 15.8 Å². The van der Waals surface area contributed by atoms with Gasteiger partial charge < -0.3 is 5.32 Å². The summed E-state index contributed by atoms with van der Waals surface area (Å²) in [6.45, 7) is 0.198. The van der Waals surface area contributed by atoms with Crippen molar-refractivity contribution < 1.29 is 9.72 Å². The average Bonchev–Trinajstić information content (AvgIpc) is 3.07. The first-order valence-electron chi connectivity index (χ1n) is 7.72. The second-order valence-corrected chi connectivity index (χ2v) is 6.88. The molecule has 0 aliphatic rings. The minimum absolute atomic E-state index is 0.0286. The van der Waals surface area contributed by atoms with Crippen LogP contribution >= 0.6 is 22.9 Å². The first kappa shape index (κ1) is 18.0. The van der Waals surface area contributed by atoms with Crippen molar-refractivity contribution in [3.63, 3.8) is 0 Å². The smallest absolute Gasteiger partial charge is 0.283 e. The van der Waals surface area contributed by atoms with E-state index in [9.17, 15) is 14.9 Å². The predicted octanol–water partition coefficient (Wildman–Crippen LogP) is 4.23. The number of rotatable bonds is 6. The third-order valence-corrected chi connectivity index (χ3v) is 4.76. The van der Waals surface area contributed by atoms with E-state index in [0.29, 0.717) is 5.69 Å². The Morgan fingerprint density at radius 2 is 2.00 bits per heavy atom. The number of amides is 1. The zero-order valence-electron chi connectivity index (χ0n) is 13.5. The molecule has 1 aromatic heterocycles. The lowest BCUT2D eigenvalue weighted by molar-refractivity contribution is -0.385. The van der Waals surface area contributed by atoms with Gasteiger partial charge in [0.2, 0.25) is 0 Å². The van der Waals surface area contributed by atoms with Crippen LogP contribution in [0.1, 0.15) is 26.6 Å². The number of hydrogen-bond acceptors (Lipinski definition) is 5. The summed E-state index contributed by atoms with van der Waals surface area (Å²) in [6, 6.07) is 13.9. The summed E-state index contributed by atoms with van der Waals surface area (Å²) in [6.07, 6.45) is 0.724. The van der Waals surface area contributed by atoms with E-state index in [1.54, 1.807) is 0 Å². The molecule has 1 heterocycles. The molecule has 8 heteroatoms. The van der Waals surface area contributed by atoms with Gasteiger partial charge in [-0.15, -0.1) is 11.3 Å². The van der Waals surface area contributed by atoms with Gasteiger partial charge >= 0.3 is 0 Å². The van der Waals surface area contributed by atoms with Gasteiger partial charge in [-0.3, -0.25) is 14.9 Å². The van der Waals surface area contributed by atoms with Crippen molar-refractivity contribution in [2.75, 3.05) is 0 Å². The molecule has 0 fully saturated rings. The largest absolute Gasteiger partial charge is 0.346 e. The quantitative estimate of drug-likeness (QED) is 0.506. The molecule has 26 heavy (non-hydrogen) atoms. The van der Waals surface area contributed by atoms with Gasteiger partial charge in [0.25, 0.3) is 11.6 Å². The van der Waals surface area contributed by atoms with Crippen molar-refractivity contribution in [1.29, 1.82) is 0 Å². The lowest BCUT2D eigenvalue weighted by Gasteiger charge is -2.04. The number of carbonyl (C=O) groups is 1. The van der Waals surface area contributed by atoms with E-state index in [-0.39, 0.29) is 22.8 Å². The summed E-state index contributed by atoms with van der Waals surface area (Å²) in [5, 5.41) is 16.8. The molecule has 3 aromatic rings. The third-order valence-electron chi connectivity index (χ3n) is 3.63. The molecule has 6 nitrogen and oxygen atoms in total. The second kappa shape index (κ2) is 8.07. The summed E-state index contributed by atoms with van der Waals surface area (Å²) >= 11 is 7.28. The highest BCUT2D eigenvalue weighted by molar-refractivity contribution is 7.09. The van der Waals surface area contributed by atoms with Gasteiger partial charge in [-0.2, -0.15) is 0 Å². The maximum atomic E-state index is 12.3. The van der Waals surface area contributed by atoms with Crippen LogP contribution in [-0.2, 0) is 13.0 Å². The van der Waals surface area contributed by atoms with Crippen molar-refractivity contribution in [3.8, 4) is 0 Å². The standard InChI is InChI=1S/C18H14ClN3O3S/c19-13-6-7-15(16(9-13)22(24)25)18(23)20-10-14-11-26-17(21-14)8-12-4-2-1-3-5-12/h1-7,9,11H,8,10H2,(H,20,23). The molecule has 2 aromatic carbocycles. The van der Waals surface area contributed by atoms with Crippen molar-refractivity contribution in [1.82, 2.24) is 10.3 Å². The Hall–Kier alpha value is -2.77. The first-order valence-corrected chi connectivity index (χ1v) is 8.98. The van der Waals surface area contributed by atoms with Crippen LogP contribution in [0.4, 0.5) is 5.69 Å². The van der Waals surface area contributed by atoms with Crippen LogP contribution in [0, 0.1) is 10.1 Å². The topological polar surface area (TPSA) is 85.1 Å². The molecule has 0 radical (unpaired) electrons. The summed E-state index contributed by atoms with van der Waals surface area (Å²) in [4.78, 5) is 27.2. The van der Waals surface area contributed by atoms with E-state index in [0.717, 1.165) is 23.1 Å². The lowest BCUT2D eigenvalue weighted by Crippen LogP contribution is -2.23. The van der Waals surface area contributed by atoms with Gasteiger partial charge in [0.1, 0.15) is 5.56 Å². The summed E-state index contributed by atoms with van der Waals surface area (Å²) in [5.41, 5.74) is 1.53. The molecule has 0 bridgehead atoms. The van der Waals surface area contributed by atoms with E-state index in [1.807, 2.05) is 35.7 Å². The van der Waals surface area contributed by atoms with E-state index in [4.69, 9.17) is 11.6 Å². The number of halogens is 1. The van der Waals surface area contributed by atoms with Gasteiger partial charge in [-0.05, 0) is 17.7 Å². The molecular formula is C18H14ClN3O3S. The number of nitrogens with one attached hydrogen (secondary N) is 1. The summed E-state index contributed by atoms with van der Waals surface area (Å²) in [7, 11) is 0. The highest BCUT2D eigenvalue weighted by Gasteiger charge is 2.20. The molecule has 1 amide bonds. The molecule has 132 valence electrons. The number of thiazole rings is 1. The minimum Gasteiger partial charge on any atom is -0.346 e. The fourth-order valence-electron chi connectivity index (χ4n) is 2.40. The molecule has 1 N–H and O–H groups in total. The normalized spacial score (nSPS) is 10.5. The number of nitrogens with zero attached hydrogens (tertiary/aromatic N) is 2. The number of benzene rings is 2. The predicted molar refractivity (Wildman–Crippen MR) is 101 cm³/mol. The van der Waals surface area contributed by atoms with Gasteiger partial charge in [-0.1, -0.05) is 41.9 Å². The SMILES string of the molecule is O=C(NCc1csc(Cc2ccccc2)n1)c1ccc(Cl)cc1[N+](=O)[O-]. The Labute approximate surface area is 158 Å². The van der Waals surface area contributed by atoms with Crippen LogP contribution < -0.4 is 5.32 Å². The number of aromatic nitrogens is 1. The van der Waals surface area contributed by atoms with E-state index in [2.05, 4.69) is 10.3 Å². The highest BCUT2D eigenvalue weighted by atomic mass is 35.5. The van der Waals surface area contributed by atoms with Crippen LogP contribution in [0.25, 0.3) is 0 Å². The zero-order chi connectivity index (χ0) is 18.5. The second-order valence-electron chi connectivity index (χ2n) is 5.50. The van der Waals surface area contributed by atoms with Gasteiger partial charge in [0.15, 0.2) is 0 Å². The summed E-state index contributed by atoms with van der Waals surface area (Å²) < 4.78 is 0. The molecule has 3 rings (SSSR count). The molecule has 0 saturated heterocycles. The molecule has 0 aliphatic heterocycles. The third kappa shape index (κ3) is 4.44. The summed E-state index contributed by atoms with van der Waals surface area (Å²) in [5.74, 6) is -0.536. The van der Waals surface area contributed by atoms with Crippen molar-refractivity contribution in [2.45, 2.75) is 13.0 Å². The van der Waals surface area contributed by atoms with E-state index < -0.39 is 10.8 Å². The van der Waals surface area contributed by atoms with Gasteiger partial charge in [-0.25, -0.2) is 4.98 Å². The molecule has 0 spiro atoms. The number of nitro groups is 1. The highest BCUT2D eigenvalue weighted by Crippen LogP contribution is 2.23. The first-order chi connectivity index (χ1) is 12.5. The Balaban J connectivity index is 1.65. The Bertz CT molecular complexity index is 944. The van der Waals surface area contributed by atoms with Crippen LogP contribution in [0.2, 0.25) is 5.02 Å². The molecule has 0 unspecified atom stereocenters. The van der Waals surface area contributed by atoms with Crippen molar-refractivity contribution in [3.05, 3.63) is 90.9 Å². The Morgan fingerprint density at radius 3 is 2.73 bits per heavy atom. The maximum Gasteiger partial charge on any atom is 0.283 e. The van der Waals surface area contributed by atoms with Crippen LogP contribution in [0.15, 0.2) is 53.9 Å². The number of nitro benzene ring substituents is 1. The van der Waals surface area contributed by atoms with Crippen molar-refractivity contribution >= 4 is 34.5 Å². The fourth-order valence-corrected chi connectivity index (χ4v) is 3.39. The maximum absolute atomic E-state index is 12.3. The fraction of sp³-hybridized carbons (Fsp3) is 0.111. The molecular weight excluding hydrogens is 374 g/mol. The minimum atomic E-state index is -0.623. The monoisotopic (exact) mass is 387 g/mol. The number of hydrogen-bond donors (Lipinski definition) is 1. The average molecular weight is 388 g/mol. The molecule has 0 atom stereocenters. The van der Waals surface area contributed by atoms with Crippen LogP contribution in [0.3, 0.4) is 0 Å². The van der Waals surface area contributed by atoms with Gasteiger partial charge in [0, 0.05) is 22.9 Å². The molecule has 0 aliphatic carbocycles. The van der Waals surface area contributed by atoms with E-state index >= 15 is 0 Å². The molecule has 0 saturated carbocycles. The number of carbonyl (C=O) groups excluding carboxylic acids is 1. The Morgan fingerprint density at radius 1 is 1.23 bits per heavy atom. The van der Waals surface area contributed by atoms with Crippen LogP contribution in [0.5, 0.6) is 0 Å². The van der Waals surface area contributed by atoms with E-state index in [1.165, 1.54) is 23.5 Å². The zero-order valence-corrected chi connectivity index (χ0v) is 15.1. The lowest BCUT2D eigenvalue weighted by atomic mass is 10.1. The van der Waals surface area contributed by atoms with Gasteiger partial charge in [0.05, 0.1) is 22.2 Å².